The van der Waals surface area contributed by atoms with Crippen molar-refractivity contribution in [2.75, 3.05) is 12.4 Å². The van der Waals surface area contributed by atoms with E-state index in [1.165, 1.54) is 7.11 Å². The van der Waals surface area contributed by atoms with Gasteiger partial charge in [-0.3, -0.25) is 4.79 Å². The van der Waals surface area contributed by atoms with E-state index < -0.39 is 0 Å². The maximum atomic E-state index is 12.4. The summed E-state index contributed by atoms with van der Waals surface area (Å²) >= 11 is 3.36. The molecule has 116 valence electrons. The summed E-state index contributed by atoms with van der Waals surface area (Å²) in [5, 5.41) is 2.85. The maximum absolute atomic E-state index is 12.4. The second-order valence-corrected chi connectivity index (χ2v) is 5.91. The largest absolute Gasteiger partial charge is 0.496 e. The summed E-state index contributed by atoms with van der Waals surface area (Å²) in [4.78, 5) is 12.4. The molecule has 0 atom stereocenters. The first-order valence-electron chi connectivity index (χ1n) is 6.91. The molecule has 1 N–H and O–H groups in total. The van der Waals surface area contributed by atoms with Crippen LogP contribution in [0.25, 0.3) is 0 Å². The third-order valence-corrected chi connectivity index (χ3v) is 3.38. The lowest BCUT2D eigenvalue weighted by Crippen LogP contribution is -2.13. The molecule has 0 saturated carbocycles. The molecule has 0 saturated heterocycles. The minimum absolute atomic E-state index is 0.117. The summed E-state index contributed by atoms with van der Waals surface area (Å²) in [7, 11) is 1.54. The lowest BCUT2D eigenvalue weighted by molar-refractivity contribution is 0.102. The molecule has 1 amide bonds. The lowest BCUT2D eigenvalue weighted by Gasteiger charge is -2.12. The van der Waals surface area contributed by atoms with Gasteiger partial charge in [-0.05, 0) is 56.3 Å². The van der Waals surface area contributed by atoms with Gasteiger partial charge in [0.15, 0.2) is 0 Å². The van der Waals surface area contributed by atoms with Gasteiger partial charge < -0.3 is 14.8 Å². The average molecular weight is 364 g/mol. The molecule has 4 nitrogen and oxygen atoms in total. The van der Waals surface area contributed by atoms with Crippen LogP contribution in [0.1, 0.15) is 24.2 Å². The van der Waals surface area contributed by atoms with Crippen LogP contribution < -0.4 is 14.8 Å². The molecule has 2 aromatic rings. The Morgan fingerprint density at radius 3 is 2.41 bits per heavy atom. The van der Waals surface area contributed by atoms with Gasteiger partial charge >= 0.3 is 0 Å². The molecule has 22 heavy (non-hydrogen) atoms. The standard InChI is InChI=1S/C17H18BrNO3/c1-11(2)22-14-7-5-13(6-8-14)19-17(20)15-10-12(18)4-9-16(15)21-3/h4-11H,1-3H3,(H,19,20). The molecular formula is C17H18BrNO3. The van der Waals surface area contributed by atoms with Gasteiger partial charge in [-0.25, -0.2) is 0 Å². The fraction of sp³-hybridized carbons (Fsp3) is 0.235. The number of rotatable bonds is 5. The predicted molar refractivity (Wildman–Crippen MR) is 90.9 cm³/mol. The van der Waals surface area contributed by atoms with Crippen molar-refractivity contribution in [3.05, 3.63) is 52.5 Å². The number of methoxy groups -OCH3 is 1. The zero-order chi connectivity index (χ0) is 16.1. The monoisotopic (exact) mass is 363 g/mol. The minimum atomic E-state index is -0.226. The van der Waals surface area contributed by atoms with E-state index in [0.29, 0.717) is 17.0 Å². The van der Waals surface area contributed by atoms with Gasteiger partial charge in [0.25, 0.3) is 5.91 Å². The number of nitrogens with one attached hydrogen (secondary N) is 1. The van der Waals surface area contributed by atoms with Crippen LogP contribution >= 0.6 is 15.9 Å². The first kappa shape index (κ1) is 16.4. The molecule has 0 unspecified atom stereocenters. The lowest BCUT2D eigenvalue weighted by atomic mass is 10.2. The predicted octanol–water partition coefficient (Wildman–Crippen LogP) is 4.50. The van der Waals surface area contributed by atoms with Crippen molar-refractivity contribution in [2.45, 2.75) is 20.0 Å². The van der Waals surface area contributed by atoms with Crippen LogP contribution in [0.2, 0.25) is 0 Å². The van der Waals surface area contributed by atoms with Crippen LogP contribution in [0.15, 0.2) is 46.9 Å². The Hall–Kier alpha value is -2.01. The molecule has 2 aromatic carbocycles. The summed E-state index contributed by atoms with van der Waals surface area (Å²) in [6.45, 7) is 3.93. The van der Waals surface area contributed by atoms with E-state index in [1.807, 2.05) is 32.0 Å². The topological polar surface area (TPSA) is 47.6 Å². The summed E-state index contributed by atoms with van der Waals surface area (Å²) < 4.78 is 11.6. The number of benzene rings is 2. The summed E-state index contributed by atoms with van der Waals surface area (Å²) in [6.07, 6.45) is 0.117. The summed E-state index contributed by atoms with van der Waals surface area (Å²) in [6, 6.07) is 12.6. The van der Waals surface area contributed by atoms with E-state index in [-0.39, 0.29) is 12.0 Å². The molecule has 0 aliphatic rings. The van der Waals surface area contributed by atoms with E-state index in [9.17, 15) is 4.79 Å². The Labute approximate surface area is 138 Å². The van der Waals surface area contributed by atoms with Crippen molar-refractivity contribution in [3.63, 3.8) is 0 Å². The molecule has 5 heteroatoms. The number of ether oxygens (including phenoxy) is 2. The molecule has 0 heterocycles. The Kier molecular flexibility index (Phi) is 5.44. The van der Waals surface area contributed by atoms with Crippen LogP contribution in [-0.4, -0.2) is 19.1 Å². The Morgan fingerprint density at radius 2 is 1.82 bits per heavy atom. The van der Waals surface area contributed by atoms with Crippen molar-refractivity contribution in [1.82, 2.24) is 0 Å². The van der Waals surface area contributed by atoms with Gasteiger partial charge in [0.1, 0.15) is 11.5 Å². The zero-order valence-corrected chi connectivity index (χ0v) is 14.3. The fourth-order valence-corrected chi connectivity index (χ4v) is 2.31. The van der Waals surface area contributed by atoms with E-state index in [4.69, 9.17) is 9.47 Å². The normalized spacial score (nSPS) is 10.4. The molecule has 0 aliphatic carbocycles. The number of hydrogen-bond donors (Lipinski definition) is 1. The summed E-state index contributed by atoms with van der Waals surface area (Å²) in [5.41, 5.74) is 1.17. The second kappa shape index (κ2) is 7.31. The van der Waals surface area contributed by atoms with Crippen molar-refractivity contribution >= 4 is 27.5 Å². The first-order chi connectivity index (χ1) is 10.5. The molecule has 0 spiro atoms. The fourth-order valence-electron chi connectivity index (χ4n) is 1.95. The van der Waals surface area contributed by atoms with E-state index in [1.54, 1.807) is 24.3 Å². The molecule has 0 bridgehead atoms. The van der Waals surface area contributed by atoms with E-state index in [2.05, 4.69) is 21.2 Å². The van der Waals surface area contributed by atoms with Crippen molar-refractivity contribution < 1.29 is 14.3 Å². The Balaban J connectivity index is 2.13. The molecule has 0 fully saturated rings. The highest BCUT2D eigenvalue weighted by molar-refractivity contribution is 9.10. The van der Waals surface area contributed by atoms with Crippen molar-refractivity contribution in [2.24, 2.45) is 0 Å². The smallest absolute Gasteiger partial charge is 0.259 e. The molecule has 0 aliphatic heterocycles. The number of carbonyl (C=O) groups excluding carboxylic acids is 1. The highest BCUT2D eigenvalue weighted by Crippen LogP contribution is 2.24. The van der Waals surface area contributed by atoms with Gasteiger partial charge in [0.2, 0.25) is 0 Å². The highest BCUT2D eigenvalue weighted by Gasteiger charge is 2.13. The van der Waals surface area contributed by atoms with Crippen molar-refractivity contribution in [1.29, 1.82) is 0 Å². The number of hydrogen-bond acceptors (Lipinski definition) is 3. The quantitative estimate of drug-likeness (QED) is 0.850. The van der Waals surface area contributed by atoms with Gasteiger partial charge in [0, 0.05) is 10.2 Å². The maximum Gasteiger partial charge on any atom is 0.259 e. The Bertz CT molecular complexity index is 653. The van der Waals surface area contributed by atoms with E-state index in [0.717, 1.165) is 10.2 Å². The van der Waals surface area contributed by atoms with Crippen LogP contribution in [0, 0.1) is 0 Å². The zero-order valence-electron chi connectivity index (χ0n) is 12.7. The van der Waals surface area contributed by atoms with Crippen LogP contribution in [-0.2, 0) is 0 Å². The highest BCUT2D eigenvalue weighted by atomic mass is 79.9. The molecule has 0 aromatic heterocycles. The number of anilines is 1. The molecule has 2 rings (SSSR count). The molecular weight excluding hydrogens is 346 g/mol. The minimum Gasteiger partial charge on any atom is -0.496 e. The van der Waals surface area contributed by atoms with Crippen LogP contribution in [0.3, 0.4) is 0 Å². The van der Waals surface area contributed by atoms with Gasteiger partial charge in [-0.1, -0.05) is 15.9 Å². The van der Waals surface area contributed by atoms with E-state index >= 15 is 0 Å². The third-order valence-electron chi connectivity index (χ3n) is 2.89. The third kappa shape index (κ3) is 4.24. The van der Waals surface area contributed by atoms with Gasteiger partial charge in [-0.2, -0.15) is 0 Å². The van der Waals surface area contributed by atoms with Gasteiger partial charge in [-0.15, -0.1) is 0 Å². The average Bonchev–Trinajstić information content (AvgIpc) is 2.48. The number of carbonyl (C=O) groups is 1. The molecule has 0 radical (unpaired) electrons. The Morgan fingerprint density at radius 1 is 1.14 bits per heavy atom. The SMILES string of the molecule is COc1ccc(Br)cc1C(=O)Nc1ccc(OC(C)C)cc1. The number of amides is 1. The van der Waals surface area contributed by atoms with Crippen LogP contribution in [0.4, 0.5) is 5.69 Å². The second-order valence-electron chi connectivity index (χ2n) is 4.99. The summed E-state index contributed by atoms with van der Waals surface area (Å²) in [5.74, 6) is 1.07. The van der Waals surface area contributed by atoms with Crippen molar-refractivity contribution in [3.8, 4) is 11.5 Å². The van der Waals surface area contributed by atoms with Gasteiger partial charge in [0.05, 0.1) is 18.8 Å². The first-order valence-corrected chi connectivity index (χ1v) is 7.70. The number of halogens is 1. The van der Waals surface area contributed by atoms with Crippen LogP contribution in [0.5, 0.6) is 11.5 Å².